The van der Waals surface area contributed by atoms with Crippen molar-refractivity contribution in [1.29, 1.82) is 0 Å². The topological polar surface area (TPSA) is 66.0 Å². The van der Waals surface area contributed by atoms with Gasteiger partial charge in [-0.05, 0) is 25.5 Å². The first-order valence-corrected chi connectivity index (χ1v) is 5.57. The van der Waals surface area contributed by atoms with Crippen LogP contribution in [0.5, 0.6) is 5.75 Å². The molecule has 2 aromatic heterocycles. The number of rotatable bonds is 5. The summed E-state index contributed by atoms with van der Waals surface area (Å²) in [6.07, 6.45) is 6.40. The van der Waals surface area contributed by atoms with E-state index in [0.717, 1.165) is 18.7 Å². The van der Waals surface area contributed by atoms with Crippen LogP contribution in [0.1, 0.15) is 12.1 Å². The lowest BCUT2D eigenvalue weighted by molar-refractivity contribution is 0.302. The summed E-state index contributed by atoms with van der Waals surface area (Å²) >= 11 is 0. The minimum Gasteiger partial charge on any atom is -0.490 e. The van der Waals surface area contributed by atoms with Crippen LogP contribution in [0.25, 0.3) is 0 Å². The molecule has 2 rings (SSSR count). The van der Waals surface area contributed by atoms with Crippen LogP contribution in [0.4, 0.5) is 5.82 Å². The van der Waals surface area contributed by atoms with Gasteiger partial charge in [0, 0.05) is 24.6 Å². The number of nitrogens with two attached hydrogens (primary N) is 1. The molecule has 17 heavy (non-hydrogen) atoms. The SMILES string of the molecule is Cc1ccc(OCCCn2ccnc2)c(N)n1. The molecule has 0 radical (unpaired) electrons. The average molecular weight is 232 g/mol. The summed E-state index contributed by atoms with van der Waals surface area (Å²) in [6.45, 7) is 3.41. The highest BCUT2D eigenvalue weighted by molar-refractivity contribution is 5.46. The van der Waals surface area contributed by atoms with E-state index in [-0.39, 0.29) is 0 Å². The first-order chi connectivity index (χ1) is 8.25. The predicted octanol–water partition coefficient (Wildman–Crippen LogP) is 1.64. The first kappa shape index (κ1) is 11.4. The summed E-state index contributed by atoms with van der Waals surface area (Å²) in [5.74, 6) is 1.11. The molecule has 0 saturated heterocycles. The molecule has 5 heteroatoms. The Labute approximate surface area is 100 Å². The van der Waals surface area contributed by atoms with E-state index in [1.807, 2.05) is 29.8 Å². The lowest BCUT2D eigenvalue weighted by Crippen LogP contribution is -2.05. The van der Waals surface area contributed by atoms with Gasteiger partial charge >= 0.3 is 0 Å². The number of nitrogens with zero attached hydrogens (tertiary/aromatic N) is 3. The fraction of sp³-hybridized carbons (Fsp3) is 0.333. The van der Waals surface area contributed by atoms with Crippen LogP contribution in [0, 0.1) is 6.92 Å². The van der Waals surface area contributed by atoms with E-state index >= 15 is 0 Å². The Morgan fingerprint density at radius 3 is 3.00 bits per heavy atom. The number of ether oxygens (including phenoxy) is 1. The molecule has 0 spiro atoms. The first-order valence-electron chi connectivity index (χ1n) is 5.57. The molecule has 0 aliphatic rings. The average Bonchev–Trinajstić information content (AvgIpc) is 2.79. The standard InChI is InChI=1S/C12H16N4O/c1-10-3-4-11(12(13)15-10)17-8-2-6-16-7-5-14-9-16/h3-5,7,9H,2,6,8H2,1H3,(H2,13,15). The van der Waals surface area contributed by atoms with Gasteiger partial charge in [0.25, 0.3) is 0 Å². The third-order valence-corrected chi connectivity index (χ3v) is 2.40. The highest BCUT2D eigenvalue weighted by Gasteiger charge is 2.01. The third-order valence-electron chi connectivity index (χ3n) is 2.40. The molecule has 90 valence electrons. The zero-order valence-corrected chi connectivity index (χ0v) is 9.84. The normalized spacial score (nSPS) is 10.4. The zero-order chi connectivity index (χ0) is 12.1. The Morgan fingerprint density at radius 2 is 2.29 bits per heavy atom. The van der Waals surface area contributed by atoms with E-state index in [1.54, 1.807) is 12.5 Å². The lowest BCUT2D eigenvalue weighted by Gasteiger charge is -2.08. The summed E-state index contributed by atoms with van der Waals surface area (Å²) in [6, 6.07) is 3.75. The molecule has 0 fully saturated rings. The van der Waals surface area contributed by atoms with Crippen molar-refractivity contribution >= 4 is 5.82 Å². The Morgan fingerprint density at radius 1 is 1.41 bits per heavy atom. The van der Waals surface area contributed by atoms with Gasteiger partial charge in [0.2, 0.25) is 0 Å². The Balaban J connectivity index is 1.78. The molecular weight excluding hydrogens is 216 g/mol. The fourth-order valence-electron chi connectivity index (χ4n) is 1.53. The van der Waals surface area contributed by atoms with Crippen LogP contribution in [-0.2, 0) is 6.54 Å². The minimum absolute atomic E-state index is 0.452. The smallest absolute Gasteiger partial charge is 0.166 e. The number of aryl methyl sites for hydroxylation is 2. The number of hydrogen-bond donors (Lipinski definition) is 1. The molecule has 0 aliphatic carbocycles. The second kappa shape index (κ2) is 5.34. The summed E-state index contributed by atoms with van der Waals surface area (Å²) in [5, 5.41) is 0. The molecule has 2 heterocycles. The number of aromatic nitrogens is 3. The van der Waals surface area contributed by atoms with Crippen LogP contribution in [0.15, 0.2) is 30.9 Å². The van der Waals surface area contributed by atoms with Crippen LogP contribution in [0.3, 0.4) is 0 Å². The molecule has 2 N–H and O–H groups in total. The predicted molar refractivity (Wildman–Crippen MR) is 65.7 cm³/mol. The van der Waals surface area contributed by atoms with Gasteiger partial charge in [-0.3, -0.25) is 0 Å². The Hall–Kier alpha value is -2.04. The molecule has 0 aromatic carbocycles. The lowest BCUT2D eigenvalue weighted by atomic mass is 10.3. The van der Waals surface area contributed by atoms with Gasteiger partial charge in [-0.25, -0.2) is 9.97 Å². The maximum absolute atomic E-state index is 5.75. The maximum Gasteiger partial charge on any atom is 0.166 e. The van der Waals surface area contributed by atoms with Crippen LogP contribution in [-0.4, -0.2) is 21.1 Å². The summed E-state index contributed by atoms with van der Waals surface area (Å²) < 4.78 is 7.58. The van der Waals surface area contributed by atoms with Crippen molar-refractivity contribution in [3.63, 3.8) is 0 Å². The number of imidazole rings is 1. The molecule has 0 atom stereocenters. The monoisotopic (exact) mass is 232 g/mol. The van der Waals surface area contributed by atoms with E-state index in [0.29, 0.717) is 18.2 Å². The highest BCUT2D eigenvalue weighted by atomic mass is 16.5. The quantitative estimate of drug-likeness (QED) is 0.796. The van der Waals surface area contributed by atoms with Crippen LogP contribution in [0.2, 0.25) is 0 Å². The van der Waals surface area contributed by atoms with E-state index in [2.05, 4.69) is 9.97 Å². The Kier molecular flexibility index (Phi) is 3.59. The maximum atomic E-state index is 5.75. The molecule has 0 bridgehead atoms. The minimum atomic E-state index is 0.452. The zero-order valence-electron chi connectivity index (χ0n) is 9.84. The number of pyridine rings is 1. The van der Waals surface area contributed by atoms with E-state index in [9.17, 15) is 0 Å². The Bertz CT molecular complexity index is 467. The van der Waals surface area contributed by atoms with E-state index in [1.165, 1.54) is 0 Å². The molecule has 0 saturated carbocycles. The van der Waals surface area contributed by atoms with Gasteiger partial charge in [-0.2, -0.15) is 0 Å². The summed E-state index contributed by atoms with van der Waals surface area (Å²) in [4.78, 5) is 8.11. The molecular formula is C12H16N4O. The van der Waals surface area contributed by atoms with Crippen molar-refractivity contribution in [2.45, 2.75) is 19.9 Å². The van der Waals surface area contributed by atoms with E-state index < -0.39 is 0 Å². The van der Waals surface area contributed by atoms with Crippen molar-refractivity contribution in [2.75, 3.05) is 12.3 Å². The molecule has 0 aliphatic heterocycles. The number of anilines is 1. The molecule has 2 aromatic rings. The molecule has 0 unspecified atom stereocenters. The van der Waals surface area contributed by atoms with Crippen molar-refractivity contribution in [2.24, 2.45) is 0 Å². The van der Waals surface area contributed by atoms with Gasteiger partial charge in [0.1, 0.15) is 0 Å². The van der Waals surface area contributed by atoms with Crippen molar-refractivity contribution in [1.82, 2.24) is 14.5 Å². The van der Waals surface area contributed by atoms with Gasteiger partial charge < -0.3 is 15.0 Å². The second-order valence-electron chi connectivity index (χ2n) is 3.84. The summed E-state index contributed by atoms with van der Waals surface area (Å²) in [5.41, 5.74) is 6.64. The summed E-state index contributed by atoms with van der Waals surface area (Å²) in [7, 11) is 0. The van der Waals surface area contributed by atoms with Crippen molar-refractivity contribution in [3.8, 4) is 5.75 Å². The van der Waals surface area contributed by atoms with Gasteiger partial charge in [-0.1, -0.05) is 0 Å². The van der Waals surface area contributed by atoms with Crippen molar-refractivity contribution in [3.05, 3.63) is 36.5 Å². The molecule has 0 amide bonds. The van der Waals surface area contributed by atoms with Crippen LogP contribution >= 0.6 is 0 Å². The largest absolute Gasteiger partial charge is 0.490 e. The number of hydrogen-bond acceptors (Lipinski definition) is 4. The highest BCUT2D eigenvalue weighted by Crippen LogP contribution is 2.18. The third kappa shape index (κ3) is 3.21. The van der Waals surface area contributed by atoms with Gasteiger partial charge in [0.15, 0.2) is 11.6 Å². The number of nitrogen functional groups attached to an aromatic ring is 1. The fourth-order valence-corrected chi connectivity index (χ4v) is 1.53. The molecule has 5 nitrogen and oxygen atoms in total. The van der Waals surface area contributed by atoms with Crippen molar-refractivity contribution < 1.29 is 4.74 Å². The van der Waals surface area contributed by atoms with E-state index in [4.69, 9.17) is 10.5 Å². The van der Waals surface area contributed by atoms with Gasteiger partial charge in [-0.15, -0.1) is 0 Å². The second-order valence-corrected chi connectivity index (χ2v) is 3.84. The van der Waals surface area contributed by atoms with Crippen LogP contribution < -0.4 is 10.5 Å². The van der Waals surface area contributed by atoms with Gasteiger partial charge in [0.05, 0.1) is 12.9 Å².